The van der Waals surface area contributed by atoms with Crippen LogP contribution in [0.3, 0.4) is 0 Å². The second-order valence-corrected chi connectivity index (χ2v) is 14.7. The highest BCUT2D eigenvalue weighted by atomic mass is 35.5. The van der Waals surface area contributed by atoms with E-state index >= 15 is 0 Å². The molecule has 1 N–H and O–H groups in total. The van der Waals surface area contributed by atoms with Crippen molar-refractivity contribution in [2.45, 2.75) is 123 Å². The van der Waals surface area contributed by atoms with Gasteiger partial charge in [0.2, 0.25) is 5.91 Å². The predicted molar refractivity (Wildman–Crippen MR) is 184 cm³/mol. The van der Waals surface area contributed by atoms with Crippen LogP contribution in [0.4, 0.5) is 4.79 Å². The Balaban J connectivity index is 1.62. The highest BCUT2D eigenvalue weighted by Gasteiger charge is 2.53. The average molecular weight is 687 g/mol. The highest BCUT2D eigenvalue weighted by molar-refractivity contribution is 6.31. The van der Waals surface area contributed by atoms with Crippen LogP contribution in [0.2, 0.25) is 5.15 Å². The molecule has 1 aliphatic carbocycles. The van der Waals surface area contributed by atoms with E-state index in [0.717, 1.165) is 44.9 Å². The molecule has 2 aromatic rings. The van der Waals surface area contributed by atoms with Crippen molar-refractivity contribution in [3.05, 3.63) is 36.0 Å². The standard InChI is InChI=1S/C36H51ClN4O7/c1-9-10-11-12-15-22(2)46-34(44)40-29(36(7)18-13-14-19-36)32(42)41-21-27(23(3)28(41)33(43)48-35(4,5)6)47-31-30(37)38-25-17-16-24(45-8)20-26(25)39-31/h9,16-17,20,22-23,27-29H,1,10-15,18-19,21H2,2-8H3,(H,40,44)/t22-,23-,27+,28+,29-/m1/s1. The van der Waals surface area contributed by atoms with Gasteiger partial charge in [0.25, 0.3) is 5.88 Å². The lowest BCUT2D eigenvalue weighted by molar-refractivity contribution is -0.165. The quantitative estimate of drug-likeness (QED) is 0.134. The number of halogens is 1. The zero-order valence-electron chi connectivity index (χ0n) is 29.3. The molecule has 1 aromatic carbocycles. The maximum absolute atomic E-state index is 14.7. The number of nitrogens with one attached hydrogen (secondary N) is 1. The number of ether oxygens (including phenoxy) is 4. The number of methoxy groups -OCH3 is 1. The van der Waals surface area contributed by atoms with E-state index in [1.165, 1.54) is 4.90 Å². The molecule has 2 amide bonds. The number of hydrogen-bond donors (Lipinski definition) is 1. The van der Waals surface area contributed by atoms with Crippen molar-refractivity contribution < 1.29 is 33.3 Å². The zero-order valence-corrected chi connectivity index (χ0v) is 30.1. The van der Waals surface area contributed by atoms with E-state index in [0.29, 0.717) is 23.2 Å². The number of allylic oxidation sites excluding steroid dienone is 1. The van der Waals surface area contributed by atoms with E-state index in [1.807, 2.05) is 26.8 Å². The van der Waals surface area contributed by atoms with Crippen molar-refractivity contribution in [3.63, 3.8) is 0 Å². The van der Waals surface area contributed by atoms with Crippen LogP contribution in [0, 0.1) is 11.3 Å². The van der Waals surface area contributed by atoms with Crippen LogP contribution < -0.4 is 14.8 Å². The van der Waals surface area contributed by atoms with E-state index in [2.05, 4.69) is 21.9 Å². The number of fused-ring (bicyclic) bond motifs is 1. The number of esters is 1. The number of carbonyl (C=O) groups excluding carboxylic acids is 3. The van der Waals surface area contributed by atoms with Gasteiger partial charge in [-0.1, -0.05) is 44.4 Å². The van der Waals surface area contributed by atoms with Gasteiger partial charge in [0, 0.05) is 12.0 Å². The van der Waals surface area contributed by atoms with Crippen molar-refractivity contribution in [1.82, 2.24) is 20.2 Å². The Morgan fingerprint density at radius 1 is 1.17 bits per heavy atom. The van der Waals surface area contributed by atoms with E-state index in [-0.39, 0.29) is 29.6 Å². The third-order valence-electron chi connectivity index (χ3n) is 9.32. The molecule has 1 aromatic heterocycles. The van der Waals surface area contributed by atoms with Crippen LogP contribution in [-0.4, -0.2) is 76.4 Å². The van der Waals surface area contributed by atoms with Gasteiger partial charge in [-0.05, 0) is 83.8 Å². The lowest BCUT2D eigenvalue weighted by atomic mass is 9.79. The SMILES string of the molecule is C=CCCCC[C@@H](C)OC(=O)N[C@H](C(=O)N1C[C@H](Oc2nc3cc(OC)ccc3nc2Cl)[C@@H](C)[C@H]1C(=O)OC(C)(C)C)C1(C)CCCC1. The summed E-state index contributed by atoms with van der Waals surface area (Å²) < 4.78 is 23.2. The van der Waals surface area contributed by atoms with Crippen molar-refractivity contribution in [3.8, 4) is 11.6 Å². The fraction of sp³-hybridized carbons (Fsp3) is 0.639. The number of likely N-dealkylation sites (tertiary alicyclic amines) is 1. The summed E-state index contributed by atoms with van der Waals surface area (Å²) in [6.45, 7) is 14.8. The predicted octanol–water partition coefficient (Wildman–Crippen LogP) is 7.04. The molecule has 264 valence electrons. The number of rotatable bonds is 13. The molecule has 1 aliphatic heterocycles. The monoisotopic (exact) mass is 686 g/mol. The molecule has 12 heteroatoms. The summed E-state index contributed by atoms with van der Waals surface area (Å²) >= 11 is 6.52. The Labute approximate surface area is 289 Å². The van der Waals surface area contributed by atoms with Crippen LogP contribution in [0.15, 0.2) is 30.9 Å². The second kappa shape index (κ2) is 15.7. The normalized spacial score (nSPS) is 21.8. The molecule has 1 saturated carbocycles. The van der Waals surface area contributed by atoms with E-state index in [1.54, 1.807) is 46.1 Å². The van der Waals surface area contributed by atoms with E-state index in [9.17, 15) is 14.4 Å². The number of carbonyl (C=O) groups is 3. The molecule has 11 nitrogen and oxygen atoms in total. The summed E-state index contributed by atoms with van der Waals surface area (Å²) in [6.07, 6.45) is 7.02. The van der Waals surface area contributed by atoms with E-state index < -0.39 is 47.2 Å². The molecule has 48 heavy (non-hydrogen) atoms. The summed E-state index contributed by atoms with van der Waals surface area (Å²) in [5.41, 5.74) is -0.247. The average Bonchev–Trinajstić information content (AvgIpc) is 3.60. The van der Waals surface area contributed by atoms with Crippen molar-refractivity contribution in [2.75, 3.05) is 13.7 Å². The first-order chi connectivity index (χ1) is 22.7. The molecule has 0 radical (unpaired) electrons. The van der Waals surface area contributed by atoms with E-state index in [4.69, 9.17) is 30.5 Å². The first-order valence-corrected chi connectivity index (χ1v) is 17.3. The summed E-state index contributed by atoms with van der Waals surface area (Å²) in [5, 5.41) is 2.97. The number of alkyl carbamates (subject to hydrolysis) is 1. The first-order valence-electron chi connectivity index (χ1n) is 16.9. The van der Waals surface area contributed by atoms with Gasteiger partial charge in [-0.3, -0.25) is 4.79 Å². The number of amides is 2. The molecule has 2 heterocycles. The Kier molecular flexibility index (Phi) is 12.2. The minimum atomic E-state index is -0.983. The number of aromatic nitrogens is 2. The third kappa shape index (κ3) is 9.09. The summed E-state index contributed by atoms with van der Waals surface area (Å²) in [7, 11) is 1.56. The Hall–Kier alpha value is -3.60. The number of hydrogen-bond acceptors (Lipinski definition) is 9. The molecule has 2 aliphatic rings. The van der Waals surface area contributed by atoms with Gasteiger partial charge < -0.3 is 29.2 Å². The number of unbranched alkanes of at least 4 members (excludes halogenated alkanes) is 2. The lowest BCUT2D eigenvalue weighted by Crippen LogP contribution is -2.58. The van der Waals surface area contributed by atoms with Gasteiger partial charge in [0.05, 0.1) is 24.7 Å². The molecule has 2 fully saturated rings. The molecular formula is C36H51ClN4O7. The first kappa shape index (κ1) is 37.2. The van der Waals surface area contributed by atoms with Crippen LogP contribution in [-0.2, 0) is 19.1 Å². The van der Waals surface area contributed by atoms with Crippen LogP contribution in [0.1, 0.15) is 92.9 Å². The fourth-order valence-electron chi connectivity index (χ4n) is 6.66. The lowest BCUT2D eigenvalue weighted by Gasteiger charge is -2.38. The number of nitrogens with zero attached hydrogens (tertiary/aromatic N) is 3. The minimum Gasteiger partial charge on any atom is -0.497 e. The second-order valence-electron chi connectivity index (χ2n) is 14.4. The van der Waals surface area contributed by atoms with Crippen LogP contribution in [0.25, 0.3) is 11.0 Å². The molecule has 4 rings (SSSR count). The summed E-state index contributed by atoms with van der Waals surface area (Å²) in [6, 6.07) is 3.33. The van der Waals surface area contributed by atoms with Gasteiger partial charge >= 0.3 is 12.1 Å². The fourth-order valence-corrected chi connectivity index (χ4v) is 6.84. The highest BCUT2D eigenvalue weighted by Crippen LogP contribution is 2.43. The van der Waals surface area contributed by atoms with Crippen molar-refractivity contribution in [2.24, 2.45) is 11.3 Å². The van der Waals surface area contributed by atoms with Crippen molar-refractivity contribution in [1.29, 1.82) is 0 Å². The van der Waals surface area contributed by atoms with Gasteiger partial charge in [-0.25, -0.2) is 19.6 Å². The maximum Gasteiger partial charge on any atom is 0.408 e. The summed E-state index contributed by atoms with van der Waals surface area (Å²) in [4.78, 5) is 52.2. The minimum absolute atomic E-state index is 0.0427. The number of benzene rings is 1. The molecule has 0 spiro atoms. The molecule has 5 atom stereocenters. The zero-order chi connectivity index (χ0) is 35.2. The van der Waals surface area contributed by atoms with Crippen LogP contribution in [0.5, 0.6) is 11.6 Å². The Morgan fingerprint density at radius 2 is 1.88 bits per heavy atom. The van der Waals surface area contributed by atoms with Gasteiger partial charge in [0.15, 0.2) is 5.15 Å². The summed E-state index contributed by atoms with van der Waals surface area (Å²) in [5.74, 6) is -0.775. The molecule has 0 bridgehead atoms. The molecule has 1 saturated heterocycles. The smallest absolute Gasteiger partial charge is 0.408 e. The maximum atomic E-state index is 14.7. The third-order valence-corrected chi connectivity index (χ3v) is 9.57. The van der Waals surface area contributed by atoms with Gasteiger partial charge in [0.1, 0.15) is 35.6 Å². The Morgan fingerprint density at radius 3 is 2.52 bits per heavy atom. The molecule has 0 unspecified atom stereocenters. The largest absolute Gasteiger partial charge is 0.497 e. The topological polar surface area (TPSA) is 129 Å². The van der Waals surface area contributed by atoms with Crippen molar-refractivity contribution >= 4 is 40.6 Å². The Bertz CT molecular complexity index is 1470. The molecular weight excluding hydrogens is 636 g/mol. The van der Waals surface area contributed by atoms with Gasteiger partial charge in [-0.2, -0.15) is 0 Å². The van der Waals surface area contributed by atoms with Crippen LogP contribution >= 0.6 is 11.6 Å². The van der Waals surface area contributed by atoms with Gasteiger partial charge in [-0.15, -0.1) is 6.58 Å².